The molecule has 1 aromatic heterocycles. The summed E-state index contributed by atoms with van der Waals surface area (Å²) in [4.78, 5) is 14.0. The average molecular weight is 286 g/mol. The lowest BCUT2D eigenvalue weighted by atomic mass is 10.1. The molecule has 2 aromatic rings. The number of aryl methyl sites for hydroxylation is 1. The van der Waals surface area contributed by atoms with Gasteiger partial charge in [0.15, 0.2) is 0 Å². The zero-order valence-electron chi connectivity index (χ0n) is 13.0. The standard InChI is InChI=1S/C16H22N4O/c1-12-5-7-13(8-6-12)15(17-2)11-20-16(21)9-14(10-18-20)19(3)4/h5-10,15,17H,11H2,1-4H3. The van der Waals surface area contributed by atoms with E-state index < -0.39 is 0 Å². The smallest absolute Gasteiger partial charge is 0.268 e. The predicted molar refractivity (Wildman–Crippen MR) is 85.8 cm³/mol. The van der Waals surface area contributed by atoms with Gasteiger partial charge in [-0.15, -0.1) is 0 Å². The zero-order valence-corrected chi connectivity index (χ0v) is 13.0. The molecule has 0 radical (unpaired) electrons. The van der Waals surface area contributed by atoms with E-state index in [0.717, 1.165) is 11.3 Å². The van der Waals surface area contributed by atoms with E-state index in [1.807, 2.05) is 26.0 Å². The molecule has 112 valence electrons. The van der Waals surface area contributed by atoms with Crippen molar-refractivity contribution >= 4 is 5.69 Å². The molecular weight excluding hydrogens is 264 g/mol. The second kappa shape index (κ2) is 6.54. The largest absolute Gasteiger partial charge is 0.376 e. The molecule has 0 spiro atoms. The van der Waals surface area contributed by atoms with E-state index in [0.29, 0.717) is 6.54 Å². The summed E-state index contributed by atoms with van der Waals surface area (Å²) in [6.07, 6.45) is 1.71. The number of hydrogen-bond donors (Lipinski definition) is 1. The van der Waals surface area contributed by atoms with E-state index in [2.05, 4.69) is 41.6 Å². The Balaban J connectivity index is 2.23. The summed E-state index contributed by atoms with van der Waals surface area (Å²) < 4.78 is 1.49. The highest BCUT2D eigenvalue weighted by Crippen LogP contribution is 2.15. The maximum atomic E-state index is 12.1. The fraction of sp³-hybridized carbons (Fsp3) is 0.375. The number of aromatic nitrogens is 2. The minimum atomic E-state index is -0.0893. The maximum Gasteiger partial charge on any atom is 0.268 e. The van der Waals surface area contributed by atoms with E-state index in [9.17, 15) is 4.79 Å². The Morgan fingerprint density at radius 1 is 1.29 bits per heavy atom. The average Bonchev–Trinajstić information content (AvgIpc) is 2.47. The number of nitrogens with zero attached hydrogens (tertiary/aromatic N) is 3. The van der Waals surface area contributed by atoms with Crippen molar-refractivity contribution < 1.29 is 0 Å². The number of benzene rings is 1. The molecule has 5 heteroatoms. The molecule has 0 aliphatic heterocycles. The van der Waals surface area contributed by atoms with Gasteiger partial charge in [0.25, 0.3) is 5.56 Å². The van der Waals surface area contributed by atoms with Crippen LogP contribution in [-0.4, -0.2) is 30.9 Å². The first-order chi connectivity index (χ1) is 10.0. The number of anilines is 1. The fourth-order valence-corrected chi connectivity index (χ4v) is 2.14. The molecule has 1 atom stereocenters. The Hall–Kier alpha value is -2.14. The van der Waals surface area contributed by atoms with Gasteiger partial charge >= 0.3 is 0 Å². The number of nitrogens with one attached hydrogen (secondary N) is 1. The lowest BCUT2D eigenvalue weighted by Crippen LogP contribution is -2.30. The quantitative estimate of drug-likeness (QED) is 0.906. The molecule has 5 nitrogen and oxygen atoms in total. The Labute approximate surface area is 125 Å². The van der Waals surface area contributed by atoms with Crippen LogP contribution in [0.15, 0.2) is 41.3 Å². The summed E-state index contributed by atoms with van der Waals surface area (Å²) in [6.45, 7) is 2.57. The Morgan fingerprint density at radius 2 is 1.95 bits per heavy atom. The Kier molecular flexibility index (Phi) is 4.75. The fourth-order valence-electron chi connectivity index (χ4n) is 2.14. The molecule has 0 aliphatic rings. The highest BCUT2D eigenvalue weighted by Gasteiger charge is 2.12. The van der Waals surface area contributed by atoms with E-state index in [1.54, 1.807) is 12.3 Å². The van der Waals surface area contributed by atoms with Gasteiger partial charge in [-0.1, -0.05) is 29.8 Å². The van der Waals surface area contributed by atoms with Crippen LogP contribution in [0.4, 0.5) is 5.69 Å². The van der Waals surface area contributed by atoms with Gasteiger partial charge in [0.2, 0.25) is 0 Å². The molecule has 0 saturated carbocycles. The van der Waals surface area contributed by atoms with E-state index in [1.165, 1.54) is 10.2 Å². The minimum absolute atomic E-state index is 0.0565. The van der Waals surface area contributed by atoms with Crippen LogP contribution in [0.1, 0.15) is 17.2 Å². The highest BCUT2D eigenvalue weighted by molar-refractivity contribution is 5.40. The van der Waals surface area contributed by atoms with Gasteiger partial charge in [-0.05, 0) is 19.5 Å². The highest BCUT2D eigenvalue weighted by atomic mass is 16.1. The van der Waals surface area contributed by atoms with Crippen LogP contribution in [0.2, 0.25) is 0 Å². The molecule has 21 heavy (non-hydrogen) atoms. The van der Waals surface area contributed by atoms with Crippen molar-refractivity contribution in [2.45, 2.75) is 19.5 Å². The van der Waals surface area contributed by atoms with Gasteiger partial charge in [-0.3, -0.25) is 4.79 Å². The first kappa shape index (κ1) is 15.3. The van der Waals surface area contributed by atoms with E-state index >= 15 is 0 Å². The van der Waals surface area contributed by atoms with Gasteiger partial charge < -0.3 is 10.2 Å². The second-order valence-electron chi connectivity index (χ2n) is 5.38. The number of likely N-dealkylation sites (N-methyl/N-ethyl adjacent to an activating group) is 1. The van der Waals surface area contributed by atoms with Crippen LogP contribution < -0.4 is 15.8 Å². The summed E-state index contributed by atoms with van der Waals surface area (Å²) in [7, 11) is 5.68. The Morgan fingerprint density at radius 3 is 2.48 bits per heavy atom. The van der Waals surface area contributed by atoms with Crippen LogP contribution in [0.3, 0.4) is 0 Å². The van der Waals surface area contributed by atoms with Gasteiger partial charge in [0.1, 0.15) is 0 Å². The molecule has 0 bridgehead atoms. The molecule has 0 aliphatic carbocycles. The van der Waals surface area contributed by atoms with Crippen molar-refractivity contribution in [2.24, 2.45) is 0 Å². The van der Waals surface area contributed by atoms with Crippen LogP contribution in [-0.2, 0) is 6.54 Å². The molecule has 1 heterocycles. The summed E-state index contributed by atoms with van der Waals surface area (Å²) in [5.74, 6) is 0. The first-order valence-corrected chi connectivity index (χ1v) is 6.99. The second-order valence-corrected chi connectivity index (χ2v) is 5.38. The summed E-state index contributed by atoms with van der Waals surface area (Å²) >= 11 is 0. The van der Waals surface area contributed by atoms with Crippen molar-refractivity contribution in [3.8, 4) is 0 Å². The van der Waals surface area contributed by atoms with Crippen molar-refractivity contribution in [1.82, 2.24) is 15.1 Å². The van der Waals surface area contributed by atoms with Gasteiger partial charge in [0.05, 0.1) is 24.5 Å². The molecule has 1 aromatic carbocycles. The van der Waals surface area contributed by atoms with Crippen LogP contribution >= 0.6 is 0 Å². The van der Waals surface area contributed by atoms with Crippen LogP contribution in [0.5, 0.6) is 0 Å². The summed E-state index contributed by atoms with van der Waals surface area (Å²) in [5, 5.41) is 7.49. The van der Waals surface area contributed by atoms with Gasteiger partial charge in [0, 0.05) is 20.2 Å². The monoisotopic (exact) mass is 286 g/mol. The first-order valence-electron chi connectivity index (χ1n) is 6.99. The lowest BCUT2D eigenvalue weighted by Gasteiger charge is -2.18. The number of rotatable bonds is 5. The Bertz CT molecular complexity index is 646. The van der Waals surface area contributed by atoms with E-state index in [-0.39, 0.29) is 11.6 Å². The third-order valence-corrected chi connectivity index (χ3v) is 3.56. The maximum absolute atomic E-state index is 12.1. The summed E-state index contributed by atoms with van der Waals surface area (Å²) in [5.41, 5.74) is 3.09. The van der Waals surface area contributed by atoms with Crippen molar-refractivity contribution in [3.63, 3.8) is 0 Å². The predicted octanol–water partition coefficient (Wildman–Crippen LogP) is 1.58. The lowest BCUT2D eigenvalue weighted by molar-refractivity contribution is 0.452. The third kappa shape index (κ3) is 3.70. The van der Waals surface area contributed by atoms with Crippen LogP contribution in [0.25, 0.3) is 0 Å². The van der Waals surface area contributed by atoms with Crippen molar-refractivity contribution in [1.29, 1.82) is 0 Å². The van der Waals surface area contributed by atoms with Gasteiger partial charge in [-0.2, -0.15) is 5.10 Å². The molecular formula is C16H22N4O. The van der Waals surface area contributed by atoms with Gasteiger partial charge in [-0.25, -0.2) is 4.68 Å². The molecule has 0 fully saturated rings. The normalized spacial score (nSPS) is 12.2. The molecule has 1 N–H and O–H groups in total. The third-order valence-electron chi connectivity index (χ3n) is 3.56. The minimum Gasteiger partial charge on any atom is -0.376 e. The van der Waals surface area contributed by atoms with Crippen LogP contribution in [0, 0.1) is 6.92 Å². The molecule has 1 unspecified atom stereocenters. The van der Waals surface area contributed by atoms with Crippen molar-refractivity contribution in [2.75, 3.05) is 26.0 Å². The number of hydrogen-bond acceptors (Lipinski definition) is 4. The molecule has 0 saturated heterocycles. The zero-order chi connectivity index (χ0) is 15.4. The topological polar surface area (TPSA) is 50.2 Å². The molecule has 0 amide bonds. The summed E-state index contributed by atoms with van der Waals surface area (Å²) in [6, 6.07) is 9.97. The van der Waals surface area contributed by atoms with Crippen molar-refractivity contribution in [3.05, 3.63) is 58.0 Å². The SMILES string of the molecule is CNC(Cn1ncc(N(C)C)cc1=O)c1ccc(C)cc1. The molecule has 2 rings (SSSR count). The van der Waals surface area contributed by atoms with E-state index in [4.69, 9.17) is 0 Å².